The predicted octanol–water partition coefficient (Wildman–Crippen LogP) is 2.12. The van der Waals surface area contributed by atoms with Crippen LogP contribution in [0.2, 0.25) is 0 Å². The number of nitrogens with one attached hydrogen (secondary N) is 1. The van der Waals surface area contributed by atoms with Gasteiger partial charge in [-0.05, 0) is 48.4 Å². The van der Waals surface area contributed by atoms with Crippen molar-refractivity contribution in [1.82, 2.24) is 20.1 Å². The van der Waals surface area contributed by atoms with Crippen molar-refractivity contribution in [3.05, 3.63) is 90.3 Å². The van der Waals surface area contributed by atoms with E-state index in [1.54, 1.807) is 30.6 Å². The molecule has 2 aromatic carbocycles. The molecule has 0 fully saturated rings. The molecule has 0 aliphatic heterocycles. The van der Waals surface area contributed by atoms with Crippen molar-refractivity contribution >= 4 is 21.8 Å². The van der Waals surface area contributed by atoms with Crippen LogP contribution >= 0.6 is 0 Å². The normalized spacial score (nSPS) is 11.8. The Bertz CT molecular complexity index is 1610. The minimum atomic E-state index is -3.89. The van der Waals surface area contributed by atoms with Crippen molar-refractivity contribution in [3.8, 4) is 22.8 Å². The van der Waals surface area contributed by atoms with Gasteiger partial charge in [0.2, 0.25) is 27.7 Å². The van der Waals surface area contributed by atoms with Gasteiger partial charge in [-0.25, -0.2) is 18.2 Å². The van der Waals surface area contributed by atoms with Crippen LogP contribution in [-0.4, -0.2) is 59.4 Å². The topological polar surface area (TPSA) is 193 Å². The molecule has 228 valence electrons. The van der Waals surface area contributed by atoms with Gasteiger partial charge in [0.15, 0.2) is 0 Å². The zero-order valence-corrected chi connectivity index (χ0v) is 23.5. The Morgan fingerprint density at radius 1 is 1.05 bits per heavy atom. The molecule has 0 aliphatic carbocycles. The lowest BCUT2D eigenvalue weighted by Crippen LogP contribution is -2.45. The van der Waals surface area contributed by atoms with Crippen molar-refractivity contribution in [2.24, 2.45) is 10.9 Å². The molecule has 13 heteroatoms. The van der Waals surface area contributed by atoms with Crippen molar-refractivity contribution in [2.75, 3.05) is 13.2 Å². The molecule has 0 spiro atoms. The van der Waals surface area contributed by atoms with Crippen LogP contribution in [0.25, 0.3) is 16.9 Å². The summed E-state index contributed by atoms with van der Waals surface area (Å²) in [6.07, 6.45) is 4.14. The van der Waals surface area contributed by atoms with E-state index < -0.39 is 22.0 Å². The second-order valence-corrected chi connectivity index (χ2v) is 11.0. The predicted molar refractivity (Wildman–Crippen MR) is 162 cm³/mol. The van der Waals surface area contributed by atoms with Crippen LogP contribution in [0.15, 0.2) is 84.0 Å². The maximum atomic E-state index is 12.6. The summed E-state index contributed by atoms with van der Waals surface area (Å²) in [6.45, 7) is -0.0722. The summed E-state index contributed by atoms with van der Waals surface area (Å²) in [5, 5.41) is 22.5. The van der Waals surface area contributed by atoms with Gasteiger partial charge in [0.05, 0.1) is 17.2 Å². The molecule has 4 aromatic rings. The van der Waals surface area contributed by atoms with Gasteiger partial charge in [-0.3, -0.25) is 14.6 Å². The highest BCUT2D eigenvalue weighted by Gasteiger charge is 2.23. The van der Waals surface area contributed by atoms with Gasteiger partial charge >= 0.3 is 0 Å². The maximum Gasteiger partial charge on any atom is 0.240 e. The molecule has 2 amide bonds. The summed E-state index contributed by atoms with van der Waals surface area (Å²) in [7, 11) is -3.89. The Morgan fingerprint density at radius 2 is 1.77 bits per heavy atom. The number of aromatic nitrogens is 3. The number of carbonyl (C=O) groups is 2. The van der Waals surface area contributed by atoms with Gasteiger partial charge < -0.3 is 20.9 Å². The van der Waals surface area contributed by atoms with E-state index in [2.05, 4.69) is 10.3 Å². The van der Waals surface area contributed by atoms with Crippen molar-refractivity contribution < 1.29 is 27.9 Å². The first-order valence-corrected chi connectivity index (χ1v) is 14.7. The highest BCUT2D eigenvalue weighted by Crippen LogP contribution is 2.33. The fourth-order valence-electron chi connectivity index (χ4n) is 4.35. The number of aliphatic hydroxyl groups excluding tert-OH is 1. The van der Waals surface area contributed by atoms with Crippen LogP contribution in [0.4, 0.5) is 0 Å². The van der Waals surface area contributed by atoms with Crippen LogP contribution in [0.5, 0.6) is 5.88 Å². The number of carbonyl (C=O) groups excluding carboxylic acids is 2. The monoisotopic (exact) mass is 608 g/mol. The summed E-state index contributed by atoms with van der Waals surface area (Å²) < 4.78 is 31.1. The van der Waals surface area contributed by atoms with Gasteiger partial charge in [0, 0.05) is 49.4 Å². The quantitative estimate of drug-likeness (QED) is 0.156. The molecule has 0 radical (unpaired) electrons. The lowest BCUT2D eigenvalue weighted by Gasteiger charge is -2.16. The number of primary amides is 1. The SMILES string of the molecule is C.NC(=O)[C@H](Cc1ccccc1)NC(=O)CCCOc1c(CCO)c(-c2cccnc2)nn1-c1ccc(S(N)(=O)=O)cc1. The van der Waals surface area contributed by atoms with E-state index in [9.17, 15) is 23.1 Å². The second-order valence-electron chi connectivity index (χ2n) is 9.46. The van der Waals surface area contributed by atoms with Crippen LogP contribution in [0.3, 0.4) is 0 Å². The molecule has 2 heterocycles. The van der Waals surface area contributed by atoms with Crippen LogP contribution in [-0.2, 0) is 32.5 Å². The fraction of sp³-hybridized carbons (Fsp3) is 0.267. The standard InChI is InChI=1S/C29H32N6O6S.CH4/c30-28(38)25(18-20-6-2-1-3-7-20)33-26(37)9-5-17-41-29-24(14-16-36)27(21-8-4-15-32-19-21)34-35(29)22-10-12-23(13-11-22)42(31,39)40;/h1-4,6-8,10-13,15,19,25,36H,5,9,14,16-18H2,(H2,30,38)(H,33,37)(H2,31,39,40);1H4/t25-;/m0./s1. The minimum absolute atomic E-state index is 0. The second kappa shape index (κ2) is 15.0. The average molecular weight is 609 g/mol. The summed E-state index contributed by atoms with van der Waals surface area (Å²) in [6, 6.07) is 17.8. The number of aliphatic hydroxyl groups is 1. The summed E-state index contributed by atoms with van der Waals surface area (Å²) >= 11 is 0. The number of amides is 2. The van der Waals surface area contributed by atoms with Gasteiger partial charge in [-0.2, -0.15) is 5.10 Å². The molecular formula is C30H36N6O6S. The molecule has 0 aliphatic rings. The Hall–Kier alpha value is -4.59. The molecule has 2 aromatic heterocycles. The van der Waals surface area contributed by atoms with Crippen LogP contribution in [0.1, 0.15) is 31.4 Å². The highest BCUT2D eigenvalue weighted by atomic mass is 32.2. The van der Waals surface area contributed by atoms with E-state index in [0.29, 0.717) is 34.8 Å². The maximum absolute atomic E-state index is 12.6. The number of hydrogen-bond donors (Lipinski definition) is 4. The Morgan fingerprint density at radius 3 is 2.37 bits per heavy atom. The molecule has 0 saturated carbocycles. The van der Waals surface area contributed by atoms with Gasteiger partial charge in [0.1, 0.15) is 11.7 Å². The molecule has 4 rings (SSSR count). The van der Waals surface area contributed by atoms with E-state index in [-0.39, 0.29) is 50.7 Å². The molecule has 0 unspecified atom stereocenters. The Labute approximate surface area is 250 Å². The van der Waals surface area contributed by atoms with Crippen LogP contribution in [0, 0.1) is 0 Å². The number of pyridine rings is 1. The number of primary sulfonamides is 1. The first-order valence-electron chi connectivity index (χ1n) is 13.2. The number of ether oxygens (including phenoxy) is 1. The number of benzene rings is 2. The van der Waals surface area contributed by atoms with Gasteiger partial charge in [-0.1, -0.05) is 37.8 Å². The van der Waals surface area contributed by atoms with Gasteiger partial charge in [-0.15, -0.1) is 0 Å². The third-order valence-electron chi connectivity index (χ3n) is 6.39. The third-order valence-corrected chi connectivity index (χ3v) is 7.32. The Balaban J connectivity index is 0.00000506. The molecule has 12 nitrogen and oxygen atoms in total. The van der Waals surface area contributed by atoms with E-state index in [0.717, 1.165) is 5.56 Å². The summed E-state index contributed by atoms with van der Waals surface area (Å²) in [5.41, 5.74) is 8.72. The largest absolute Gasteiger partial charge is 0.477 e. The lowest BCUT2D eigenvalue weighted by molar-refractivity contribution is -0.127. The third kappa shape index (κ3) is 8.70. The number of rotatable bonds is 14. The lowest BCUT2D eigenvalue weighted by atomic mass is 10.1. The average Bonchev–Trinajstić information content (AvgIpc) is 3.33. The summed E-state index contributed by atoms with van der Waals surface area (Å²) in [5.74, 6) is -0.653. The Kier molecular flexibility index (Phi) is 11.5. The van der Waals surface area contributed by atoms with E-state index >= 15 is 0 Å². The number of sulfonamides is 1. The number of nitrogens with two attached hydrogens (primary N) is 2. The molecule has 1 atom stereocenters. The number of nitrogens with zero attached hydrogens (tertiary/aromatic N) is 3. The minimum Gasteiger partial charge on any atom is -0.477 e. The van der Waals surface area contributed by atoms with E-state index in [4.69, 9.17) is 20.7 Å². The first kappa shape index (κ1) is 32.9. The highest BCUT2D eigenvalue weighted by molar-refractivity contribution is 7.89. The molecular weight excluding hydrogens is 572 g/mol. The van der Waals surface area contributed by atoms with Crippen molar-refractivity contribution in [2.45, 2.75) is 44.0 Å². The smallest absolute Gasteiger partial charge is 0.240 e. The molecule has 0 bridgehead atoms. The van der Waals surface area contributed by atoms with E-state index in [1.807, 2.05) is 36.4 Å². The zero-order chi connectivity index (χ0) is 30.1. The summed E-state index contributed by atoms with van der Waals surface area (Å²) in [4.78, 5) is 28.7. The van der Waals surface area contributed by atoms with E-state index in [1.165, 1.54) is 16.8 Å². The fourth-order valence-corrected chi connectivity index (χ4v) is 4.86. The van der Waals surface area contributed by atoms with Crippen molar-refractivity contribution in [3.63, 3.8) is 0 Å². The molecule has 0 saturated heterocycles. The van der Waals surface area contributed by atoms with Crippen LogP contribution < -0.4 is 20.9 Å². The molecule has 43 heavy (non-hydrogen) atoms. The zero-order valence-electron chi connectivity index (χ0n) is 22.7. The van der Waals surface area contributed by atoms with Gasteiger partial charge in [0.25, 0.3) is 0 Å². The first-order chi connectivity index (χ1) is 20.2. The molecule has 6 N–H and O–H groups in total. The van der Waals surface area contributed by atoms with Crippen molar-refractivity contribution in [1.29, 1.82) is 0 Å². The number of hydrogen-bond acceptors (Lipinski definition) is 8.